The zero-order valence-electron chi connectivity index (χ0n) is 20.1. The first-order valence-corrected chi connectivity index (χ1v) is 10.4. The molecule has 5 rings (SSSR count). The van der Waals surface area contributed by atoms with Crippen LogP contribution in [0.5, 0.6) is 0 Å². The summed E-state index contributed by atoms with van der Waals surface area (Å²) in [5, 5.41) is 24.0. The average molecular weight is 739 g/mol. The third-order valence-electron chi connectivity index (χ3n) is 5.52. The molecule has 2 aliphatic rings. The number of carbonyl (C=O) groups is 2. The van der Waals surface area contributed by atoms with E-state index in [9.17, 15) is 13.6 Å². The Hall–Kier alpha value is 0.234. The van der Waals surface area contributed by atoms with E-state index in [4.69, 9.17) is 15.0 Å². The molecule has 2 aliphatic heterocycles. The van der Waals surface area contributed by atoms with Crippen LogP contribution in [-0.4, -0.2) is 75.6 Å². The monoisotopic (exact) mass is 739 g/mol. The fourth-order valence-electron chi connectivity index (χ4n) is 3.97. The van der Waals surface area contributed by atoms with Crippen molar-refractivity contribution in [3.8, 4) is 0 Å². The third-order valence-corrected chi connectivity index (χ3v) is 5.52. The number of hydrogen-bond donors (Lipinski definition) is 1. The quantitative estimate of drug-likeness (QED) is 0.271. The Kier molecular flexibility index (Phi) is 13.1. The van der Waals surface area contributed by atoms with Crippen molar-refractivity contribution >= 4 is 34.5 Å². The molecular weight excluding hydrogens is 718 g/mol. The fraction of sp³-hybridized carbons (Fsp3) is 0.381. The first-order valence-electron chi connectivity index (χ1n) is 10.4. The van der Waals surface area contributed by atoms with Gasteiger partial charge >= 0.3 is 138 Å². The molecule has 0 unspecified atom stereocenters. The first-order chi connectivity index (χ1) is 16.2. The number of aryl methyl sites for hydroxylation is 1. The van der Waals surface area contributed by atoms with Crippen molar-refractivity contribution in [1.82, 2.24) is 24.6 Å². The zero-order chi connectivity index (χ0) is 24.4. The van der Waals surface area contributed by atoms with E-state index in [1.165, 1.54) is 16.9 Å². The van der Waals surface area contributed by atoms with E-state index in [0.29, 0.717) is 35.9 Å². The van der Waals surface area contributed by atoms with Crippen LogP contribution < -0.4 is 158 Å². The predicted molar refractivity (Wildman–Crippen MR) is 113 cm³/mol. The summed E-state index contributed by atoms with van der Waals surface area (Å²) in [5.41, 5.74) is 0.735. The van der Waals surface area contributed by atoms with Crippen LogP contribution in [0.25, 0.3) is 10.9 Å². The van der Waals surface area contributed by atoms with Gasteiger partial charge in [-0.15, -0.1) is 0 Å². The molecule has 2 fully saturated rings. The van der Waals surface area contributed by atoms with Gasteiger partial charge in [0.25, 0.3) is 5.91 Å². The number of aromatic nitrogens is 4. The van der Waals surface area contributed by atoms with Crippen molar-refractivity contribution in [3.63, 3.8) is 0 Å². The molecule has 0 atom stereocenters. The minimum absolute atomic E-state index is 0. The topological polar surface area (TPSA) is 142 Å². The van der Waals surface area contributed by atoms with Crippen LogP contribution in [0.4, 0.5) is 25.1 Å². The normalized spacial score (nSPS) is 15.5. The number of hydrogen-bond acceptors (Lipinski definition) is 9. The zero-order valence-corrected chi connectivity index (χ0v) is 32.7. The van der Waals surface area contributed by atoms with Gasteiger partial charge in [0.1, 0.15) is 23.2 Å². The second-order valence-electron chi connectivity index (χ2n) is 8.25. The largest absolute Gasteiger partial charge is 1.00 e. The summed E-state index contributed by atoms with van der Waals surface area (Å²) in [4.78, 5) is 33.5. The van der Waals surface area contributed by atoms with Crippen LogP contribution in [0.3, 0.4) is 0 Å². The molecule has 1 aromatic carbocycles. The number of halogens is 2. The molecule has 11 nitrogen and oxygen atoms in total. The van der Waals surface area contributed by atoms with Crippen LogP contribution in [0.15, 0.2) is 30.7 Å². The van der Waals surface area contributed by atoms with Crippen LogP contribution in [-0.2, 0) is 7.05 Å². The maximum absolute atomic E-state index is 14.2. The number of rotatable bonds is 5. The standard InChI is InChI=1S/C20H21F2N7O.CH2O3.2Cs/c1-27-9-13-2-15(3-16(22)19(13)26-27)25-20(30)17-4-24-18(5-23-17)29-7-12(8-29)6-28-10-14(21)11-28;2-1(3)4;;/h2-5,9,12,14H,6-8,10-11H2,1H3,(H,25,30);(H2,2,3,4);;/q;;2*+1/p-2. The number of nitrogens with zero attached hydrogens (tertiary/aromatic N) is 6. The molecule has 0 saturated carbocycles. The fourth-order valence-corrected chi connectivity index (χ4v) is 3.97. The molecule has 1 amide bonds. The van der Waals surface area contributed by atoms with Gasteiger partial charge in [-0.1, -0.05) is 0 Å². The molecule has 0 aliphatic carbocycles. The Bertz CT molecular complexity index is 1200. The molecule has 180 valence electrons. The molecule has 0 radical (unpaired) electrons. The van der Waals surface area contributed by atoms with E-state index in [1.54, 1.807) is 25.5 Å². The molecule has 2 aromatic heterocycles. The van der Waals surface area contributed by atoms with Crippen LogP contribution in [0, 0.1) is 11.7 Å². The van der Waals surface area contributed by atoms with Gasteiger partial charge in [0.2, 0.25) is 0 Å². The molecule has 15 heteroatoms. The van der Waals surface area contributed by atoms with Crippen molar-refractivity contribution in [2.75, 3.05) is 42.9 Å². The molecule has 3 aromatic rings. The van der Waals surface area contributed by atoms with Gasteiger partial charge in [-0.25, -0.2) is 18.7 Å². The van der Waals surface area contributed by atoms with Gasteiger partial charge in [-0.2, -0.15) is 5.10 Å². The summed E-state index contributed by atoms with van der Waals surface area (Å²) in [7, 11) is 1.71. The Morgan fingerprint density at radius 1 is 1.11 bits per heavy atom. The Morgan fingerprint density at radius 2 is 1.78 bits per heavy atom. The minimum Gasteiger partial charge on any atom is -0.652 e. The van der Waals surface area contributed by atoms with Gasteiger partial charge in [-0.3, -0.25) is 14.4 Å². The van der Waals surface area contributed by atoms with E-state index >= 15 is 0 Å². The number of fused-ring (bicyclic) bond motifs is 1. The summed E-state index contributed by atoms with van der Waals surface area (Å²) >= 11 is 0. The predicted octanol–water partition coefficient (Wildman–Crippen LogP) is -6.59. The van der Waals surface area contributed by atoms with Crippen LogP contribution >= 0.6 is 0 Å². The van der Waals surface area contributed by atoms with Crippen molar-refractivity contribution in [3.05, 3.63) is 42.2 Å². The number of carbonyl (C=O) groups excluding carboxylic acids is 2. The number of alkyl halides is 1. The van der Waals surface area contributed by atoms with Gasteiger partial charge in [0, 0.05) is 63.0 Å². The second-order valence-corrected chi connectivity index (χ2v) is 8.25. The molecule has 4 heterocycles. The number of nitrogens with one attached hydrogen (secondary N) is 1. The number of anilines is 2. The van der Waals surface area contributed by atoms with E-state index < -0.39 is 24.1 Å². The summed E-state index contributed by atoms with van der Waals surface area (Å²) < 4.78 is 28.6. The Labute approximate surface area is 323 Å². The van der Waals surface area contributed by atoms with Crippen molar-refractivity contribution in [2.45, 2.75) is 6.17 Å². The van der Waals surface area contributed by atoms with E-state index in [-0.39, 0.29) is 149 Å². The van der Waals surface area contributed by atoms with E-state index in [0.717, 1.165) is 19.6 Å². The summed E-state index contributed by atoms with van der Waals surface area (Å²) in [6, 6.07) is 2.90. The summed E-state index contributed by atoms with van der Waals surface area (Å²) in [5.74, 6) is 0.242. The van der Waals surface area contributed by atoms with Gasteiger partial charge in [-0.05, 0) is 18.3 Å². The summed E-state index contributed by atoms with van der Waals surface area (Å²) in [6.45, 7) is 3.67. The number of amides is 1. The first kappa shape index (κ1) is 32.4. The third kappa shape index (κ3) is 8.62. The number of benzene rings is 1. The smallest absolute Gasteiger partial charge is 0.652 e. The maximum Gasteiger partial charge on any atom is 1.00 e. The SMILES string of the molecule is Cn1cc2cc(NC(=O)c3cnc(N4CC(CN5CC(F)C5)C4)cn3)cc(F)c2n1.O=C([O-])[O-].[Cs+].[Cs+]. The Morgan fingerprint density at radius 3 is 2.36 bits per heavy atom. The minimum atomic E-state index is -2.33. The van der Waals surface area contributed by atoms with Crippen molar-refractivity contribution < 1.29 is 166 Å². The van der Waals surface area contributed by atoms with Crippen LogP contribution in [0.1, 0.15) is 10.5 Å². The second kappa shape index (κ2) is 14.6. The molecule has 1 N–H and O–H groups in total. The number of carboxylic acid groups (broad SMARTS) is 2. The van der Waals surface area contributed by atoms with Crippen molar-refractivity contribution in [1.29, 1.82) is 0 Å². The molecule has 0 spiro atoms. The van der Waals surface area contributed by atoms with E-state index in [2.05, 4.69) is 30.2 Å². The molecular formula is C21H21Cs2F2N7O4. The molecule has 0 bridgehead atoms. The molecule has 36 heavy (non-hydrogen) atoms. The van der Waals surface area contributed by atoms with Gasteiger partial charge < -0.3 is 25.2 Å². The number of likely N-dealkylation sites (tertiary alicyclic amines) is 1. The molecule has 2 saturated heterocycles. The van der Waals surface area contributed by atoms with Crippen molar-refractivity contribution in [2.24, 2.45) is 13.0 Å². The van der Waals surface area contributed by atoms with Gasteiger partial charge in [0.05, 0.1) is 12.4 Å². The van der Waals surface area contributed by atoms with E-state index in [1.807, 2.05) is 0 Å². The average Bonchev–Trinajstić information content (AvgIpc) is 3.09. The summed E-state index contributed by atoms with van der Waals surface area (Å²) in [6.07, 6.45) is 1.66. The van der Waals surface area contributed by atoms with Crippen LogP contribution in [0.2, 0.25) is 0 Å². The Balaban J connectivity index is 0.000000710. The maximum atomic E-state index is 14.2. The van der Waals surface area contributed by atoms with Gasteiger partial charge in [0.15, 0.2) is 5.82 Å².